The van der Waals surface area contributed by atoms with Crippen molar-refractivity contribution in [2.24, 2.45) is 0 Å². The Bertz CT molecular complexity index is 597. The van der Waals surface area contributed by atoms with Crippen LogP contribution < -0.4 is 10.2 Å². The van der Waals surface area contributed by atoms with E-state index in [-0.39, 0.29) is 23.6 Å². The summed E-state index contributed by atoms with van der Waals surface area (Å²) >= 11 is 6.72. The summed E-state index contributed by atoms with van der Waals surface area (Å²) in [5, 5.41) is 13.4. The minimum atomic E-state index is -2.98. The number of fused-ring (bicyclic) bond motifs is 1. The molecule has 2 fully saturated rings. The first kappa shape index (κ1) is 12.2. The number of hydrogen-bond donors (Lipinski definition) is 1. The molecule has 0 bridgehead atoms. The van der Waals surface area contributed by atoms with Gasteiger partial charge in [-0.15, -0.1) is 10.2 Å². The third kappa shape index (κ3) is 1.90. The zero-order valence-corrected chi connectivity index (χ0v) is 12.1. The number of hydrogen-bond acceptors (Lipinski definition) is 6. The van der Waals surface area contributed by atoms with Crippen LogP contribution in [-0.4, -0.2) is 47.3 Å². The quantitative estimate of drug-likeness (QED) is 0.768. The van der Waals surface area contributed by atoms with Gasteiger partial charge < -0.3 is 5.32 Å². The van der Waals surface area contributed by atoms with Crippen molar-refractivity contribution in [1.82, 2.24) is 15.5 Å². The fourth-order valence-electron chi connectivity index (χ4n) is 2.31. The van der Waals surface area contributed by atoms with Crippen molar-refractivity contribution in [3.8, 4) is 0 Å². The molecule has 0 amide bonds. The second-order valence-electron chi connectivity index (χ2n) is 4.40. The first-order valence-electron chi connectivity index (χ1n) is 5.62. The van der Waals surface area contributed by atoms with Crippen LogP contribution in [0.3, 0.4) is 0 Å². The molecule has 0 saturated carbocycles. The van der Waals surface area contributed by atoms with Crippen LogP contribution in [0.5, 0.6) is 0 Å². The predicted molar refractivity (Wildman–Crippen MR) is 73.7 cm³/mol. The molecule has 0 aromatic carbocycles. The zero-order valence-electron chi connectivity index (χ0n) is 9.66. The molecule has 2 aliphatic heterocycles. The highest BCUT2D eigenvalue weighted by Gasteiger charge is 2.48. The van der Waals surface area contributed by atoms with Gasteiger partial charge in [-0.25, -0.2) is 8.42 Å². The van der Waals surface area contributed by atoms with Gasteiger partial charge in [0.25, 0.3) is 0 Å². The molecule has 3 rings (SSSR count). The summed E-state index contributed by atoms with van der Waals surface area (Å²) in [6, 6.07) is -0.253. The van der Waals surface area contributed by atoms with Gasteiger partial charge in [-0.2, -0.15) is 0 Å². The van der Waals surface area contributed by atoms with E-state index < -0.39 is 9.84 Å². The van der Waals surface area contributed by atoms with Crippen molar-refractivity contribution >= 4 is 43.6 Å². The average molecular weight is 304 g/mol. The predicted octanol–water partition coefficient (Wildman–Crippen LogP) is -0.0394. The third-order valence-electron chi connectivity index (χ3n) is 3.15. The van der Waals surface area contributed by atoms with Gasteiger partial charge in [0.15, 0.2) is 14.9 Å². The molecule has 6 nitrogen and oxygen atoms in total. The maximum Gasteiger partial charge on any atom is 0.214 e. The van der Waals surface area contributed by atoms with Gasteiger partial charge in [0.05, 0.1) is 23.6 Å². The number of sulfone groups is 1. The van der Waals surface area contributed by atoms with Gasteiger partial charge in [0.1, 0.15) is 5.01 Å². The van der Waals surface area contributed by atoms with Gasteiger partial charge in [0, 0.05) is 0 Å². The third-order valence-corrected chi connectivity index (χ3v) is 6.24. The summed E-state index contributed by atoms with van der Waals surface area (Å²) in [6.07, 6.45) is 0.818. The highest BCUT2D eigenvalue weighted by Crippen LogP contribution is 2.31. The molecule has 0 aliphatic carbocycles. The Morgan fingerprint density at radius 2 is 2.28 bits per heavy atom. The van der Waals surface area contributed by atoms with E-state index in [0.717, 1.165) is 11.4 Å². The highest BCUT2D eigenvalue weighted by molar-refractivity contribution is 7.91. The van der Waals surface area contributed by atoms with E-state index in [1.807, 2.05) is 6.92 Å². The van der Waals surface area contributed by atoms with E-state index in [2.05, 4.69) is 15.5 Å². The monoisotopic (exact) mass is 304 g/mol. The van der Waals surface area contributed by atoms with Gasteiger partial charge >= 0.3 is 0 Å². The van der Waals surface area contributed by atoms with Crippen LogP contribution in [0.25, 0.3) is 0 Å². The maximum atomic E-state index is 11.6. The molecular formula is C9H12N4O2S3. The Hall–Kier alpha value is -0.800. The van der Waals surface area contributed by atoms with Crippen molar-refractivity contribution in [3.63, 3.8) is 0 Å². The maximum absolute atomic E-state index is 11.6. The number of rotatable bonds is 2. The topological polar surface area (TPSA) is 75.2 Å². The molecule has 2 saturated heterocycles. The normalized spacial score (nSPS) is 29.4. The Morgan fingerprint density at radius 1 is 1.50 bits per heavy atom. The molecular weight excluding hydrogens is 292 g/mol. The van der Waals surface area contributed by atoms with Crippen LogP contribution in [0.15, 0.2) is 0 Å². The summed E-state index contributed by atoms with van der Waals surface area (Å²) in [4.78, 5) is 1.81. The number of anilines is 1. The van der Waals surface area contributed by atoms with Crippen molar-refractivity contribution in [3.05, 3.63) is 5.01 Å². The lowest BCUT2D eigenvalue weighted by Crippen LogP contribution is -2.36. The van der Waals surface area contributed by atoms with Crippen LogP contribution in [0.1, 0.15) is 11.9 Å². The summed E-state index contributed by atoms with van der Waals surface area (Å²) < 4.78 is 23.3. The van der Waals surface area contributed by atoms with Crippen LogP contribution in [-0.2, 0) is 16.3 Å². The van der Waals surface area contributed by atoms with Crippen molar-refractivity contribution in [2.75, 3.05) is 16.4 Å². The van der Waals surface area contributed by atoms with E-state index in [0.29, 0.717) is 10.2 Å². The Labute approximate surface area is 114 Å². The van der Waals surface area contributed by atoms with Gasteiger partial charge in [-0.1, -0.05) is 18.3 Å². The summed E-state index contributed by atoms with van der Waals surface area (Å²) in [6.45, 7) is 2.01. The lowest BCUT2D eigenvalue weighted by atomic mass is 10.2. The van der Waals surface area contributed by atoms with Gasteiger partial charge in [0.2, 0.25) is 5.13 Å². The first-order valence-corrected chi connectivity index (χ1v) is 8.67. The summed E-state index contributed by atoms with van der Waals surface area (Å²) in [5.41, 5.74) is 0. The van der Waals surface area contributed by atoms with Crippen LogP contribution in [0.2, 0.25) is 0 Å². The van der Waals surface area contributed by atoms with Gasteiger partial charge in [-0.3, -0.25) is 4.90 Å². The molecule has 0 spiro atoms. The largest absolute Gasteiger partial charge is 0.356 e. The zero-order chi connectivity index (χ0) is 12.9. The van der Waals surface area contributed by atoms with Crippen LogP contribution >= 0.6 is 23.6 Å². The van der Waals surface area contributed by atoms with Crippen LogP contribution in [0.4, 0.5) is 5.13 Å². The van der Waals surface area contributed by atoms with E-state index >= 15 is 0 Å². The molecule has 9 heteroatoms. The minimum absolute atomic E-state index is 0.114. The lowest BCUT2D eigenvalue weighted by molar-refractivity contribution is 0.600. The van der Waals surface area contributed by atoms with Gasteiger partial charge in [-0.05, 0) is 18.6 Å². The summed E-state index contributed by atoms with van der Waals surface area (Å²) in [5.74, 6) is 0.277. The number of aromatic nitrogens is 2. The fourth-order valence-corrected chi connectivity index (χ4v) is 5.48. The standard InChI is InChI=1S/C9H12N4O2S3/c1-2-7-11-12-9(17-7)13-6-4-18(14,15)3-5(6)10-8(13)16/h5-6H,2-4H2,1H3,(H,10,16)/t5-,6-/m1/s1. The SMILES string of the molecule is CCc1nnc(N2C(=S)N[C@@H]3CS(=O)(=O)C[C@H]32)s1. The molecule has 1 aromatic heterocycles. The lowest BCUT2D eigenvalue weighted by Gasteiger charge is -2.18. The van der Waals surface area contributed by atoms with E-state index in [1.165, 1.54) is 11.3 Å². The minimum Gasteiger partial charge on any atom is -0.356 e. The number of nitrogens with one attached hydrogen (secondary N) is 1. The molecule has 1 N–H and O–H groups in total. The molecule has 18 heavy (non-hydrogen) atoms. The van der Waals surface area contributed by atoms with Crippen molar-refractivity contribution in [1.29, 1.82) is 0 Å². The average Bonchev–Trinajstić information content (AvgIpc) is 2.90. The van der Waals surface area contributed by atoms with E-state index in [9.17, 15) is 8.42 Å². The molecule has 98 valence electrons. The molecule has 0 unspecified atom stereocenters. The molecule has 3 heterocycles. The number of nitrogens with zero attached hydrogens (tertiary/aromatic N) is 3. The van der Waals surface area contributed by atoms with E-state index in [1.54, 1.807) is 4.90 Å². The highest BCUT2D eigenvalue weighted by atomic mass is 32.2. The van der Waals surface area contributed by atoms with E-state index in [4.69, 9.17) is 12.2 Å². The second-order valence-corrected chi connectivity index (χ2v) is 7.98. The fraction of sp³-hybridized carbons (Fsp3) is 0.667. The van der Waals surface area contributed by atoms with Crippen molar-refractivity contribution in [2.45, 2.75) is 25.4 Å². The Balaban J connectivity index is 1.94. The van der Waals surface area contributed by atoms with Crippen LogP contribution in [0, 0.1) is 0 Å². The second kappa shape index (κ2) is 4.10. The smallest absolute Gasteiger partial charge is 0.214 e. The molecule has 2 atom stereocenters. The molecule has 0 radical (unpaired) electrons. The van der Waals surface area contributed by atoms with Crippen molar-refractivity contribution < 1.29 is 8.42 Å². The Morgan fingerprint density at radius 3 is 2.94 bits per heavy atom. The first-order chi connectivity index (χ1) is 8.50. The molecule has 1 aromatic rings. The number of thiocarbonyl (C=S) groups is 1. The Kier molecular flexibility index (Phi) is 2.79. The molecule has 2 aliphatic rings. The summed E-state index contributed by atoms with van der Waals surface area (Å²) in [7, 11) is -2.98. The number of aryl methyl sites for hydroxylation is 1.